The van der Waals surface area contributed by atoms with E-state index >= 15 is 0 Å². The van der Waals surface area contributed by atoms with Gasteiger partial charge in [-0.15, -0.1) is 0 Å². The average Bonchev–Trinajstić information content (AvgIpc) is 2.82. The first-order valence-electron chi connectivity index (χ1n) is 5.12. The van der Waals surface area contributed by atoms with E-state index in [-0.39, 0.29) is 11.7 Å². The fourth-order valence-corrected chi connectivity index (χ4v) is 2.16. The van der Waals surface area contributed by atoms with Crippen LogP contribution in [0.1, 0.15) is 12.5 Å². The quantitative estimate of drug-likeness (QED) is 0.700. The molecule has 2 aromatic heterocycles. The Balaban J connectivity index is 2.23. The van der Waals surface area contributed by atoms with Gasteiger partial charge in [0.15, 0.2) is 5.65 Å². The van der Waals surface area contributed by atoms with E-state index in [0.29, 0.717) is 0 Å². The lowest BCUT2D eigenvalue weighted by molar-refractivity contribution is 0.542. The predicted octanol–water partition coefficient (Wildman–Crippen LogP) is 0.259. The third-order valence-corrected chi connectivity index (χ3v) is 2.87. The highest BCUT2D eigenvalue weighted by molar-refractivity contribution is 5.70. The number of aromatic nitrogens is 3. The number of imidazole rings is 1. The normalized spacial score (nSPS) is 21.2. The van der Waals surface area contributed by atoms with Crippen LogP contribution in [0.5, 0.6) is 0 Å². The molecular formula is C10H12N4O. The van der Waals surface area contributed by atoms with Gasteiger partial charge in [0.25, 0.3) is 0 Å². The van der Waals surface area contributed by atoms with Crippen LogP contribution in [-0.2, 0) is 0 Å². The van der Waals surface area contributed by atoms with Gasteiger partial charge in [0, 0.05) is 12.7 Å². The van der Waals surface area contributed by atoms with Gasteiger partial charge >= 0.3 is 5.69 Å². The zero-order valence-electron chi connectivity index (χ0n) is 8.23. The molecule has 3 rings (SSSR count). The first kappa shape index (κ1) is 8.67. The Morgan fingerprint density at radius 2 is 2.47 bits per heavy atom. The lowest BCUT2D eigenvalue weighted by Gasteiger charge is -2.08. The maximum atomic E-state index is 11.8. The molecule has 5 nitrogen and oxygen atoms in total. The van der Waals surface area contributed by atoms with E-state index in [1.807, 2.05) is 12.1 Å². The molecule has 15 heavy (non-hydrogen) atoms. The molecule has 0 aliphatic carbocycles. The number of hydrogen-bond donors (Lipinski definition) is 2. The second-order valence-electron chi connectivity index (χ2n) is 3.82. The smallest absolute Gasteiger partial charge is 0.315 e. The lowest BCUT2D eigenvalue weighted by atomic mass is 10.2. The summed E-state index contributed by atoms with van der Waals surface area (Å²) in [5.74, 6) is 0. The Bertz CT molecular complexity index is 536. The SMILES string of the molecule is O=c1[nH]c2cccnc2n1[C@H]1CCNC1. The summed E-state index contributed by atoms with van der Waals surface area (Å²) in [5, 5.41) is 3.25. The first-order chi connectivity index (χ1) is 7.36. The monoisotopic (exact) mass is 204 g/mol. The molecule has 1 atom stereocenters. The van der Waals surface area contributed by atoms with Crippen LogP contribution >= 0.6 is 0 Å². The zero-order chi connectivity index (χ0) is 10.3. The highest BCUT2D eigenvalue weighted by atomic mass is 16.1. The molecule has 0 amide bonds. The van der Waals surface area contributed by atoms with E-state index in [1.165, 1.54) is 0 Å². The summed E-state index contributed by atoms with van der Waals surface area (Å²) >= 11 is 0. The standard InChI is InChI=1S/C10H12N4O/c15-10-13-8-2-1-4-12-9(8)14(10)7-3-5-11-6-7/h1-2,4,7,11H,3,5-6H2,(H,13,15)/t7-/m0/s1. The zero-order valence-corrected chi connectivity index (χ0v) is 8.23. The van der Waals surface area contributed by atoms with Crippen LogP contribution in [0.3, 0.4) is 0 Å². The second kappa shape index (κ2) is 3.20. The molecule has 0 unspecified atom stereocenters. The van der Waals surface area contributed by atoms with Crippen LogP contribution in [-0.4, -0.2) is 27.6 Å². The number of nitrogens with zero attached hydrogens (tertiary/aromatic N) is 2. The largest absolute Gasteiger partial charge is 0.327 e. The molecule has 78 valence electrons. The summed E-state index contributed by atoms with van der Waals surface area (Å²) in [7, 11) is 0. The van der Waals surface area contributed by atoms with Crippen molar-refractivity contribution in [2.24, 2.45) is 0 Å². The van der Waals surface area contributed by atoms with Gasteiger partial charge in [-0.25, -0.2) is 9.78 Å². The highest BCUT2D eigenvalue weighted by Crippen LogP contribution is 2.17. The number of pyridine rings is 1. The number of nitrogens with one attached hydrogen (secondary N) is 2. The molecule has 0 spiro atoms. The topological polar surface area (TPSA) is 62.7 Å². The van der Waals surface area contributed by atoms with E-state index in [1.54, 1.807) is 10.8 Å². The van der Waals surface area contributed by atoms with E-state index in [4.69, 9.17) is 0 Å². The predicted molar refractivity (Wildman–Crippen MR) is 56.9 cm³/mol. The Morgan fingerprint density at radius 3 is 3.27 bits per heavy atom. The van der Waals surface area contributed by atoms with Crippen LogP contribution in [0, 0.1) is 0 Å². The molecule has 0 saturated carbocycles. The summed E-state index contributed by atoms with van der Waals surface area (Å²) in [6.07, 6.45) is 2.71. The third kappa shape index (κ3) is 1.27. The van der Waals surface area contributed by atoms with E-state index < -0.39 is 0 Å². The summed E-state index contributed by atoms with van der Waals surface area (Å²) in [4.78, 5) is 18.8. The Morgan fingerprint density at radius 1 is 1.53 bits per heavy atom. The summed E-state index contributed by atoms with van der Waals surface area (Å²) in [6.45, 7) is 1.82. The lowest BCUT2D eigenvalue weighted by Crippen LogP contribution is -2.24. The molecule has 1 aliphatic rings. The van der Waals surface area contributed by atoms with Gasteiger partial charge in [0.05, 0.1) is 11.6 Å². The molecule has 3 heterocycles. The van der Waals surface area contributed by atoms with Gasteiger partial charge in [0.2, 0.25) is 0 Å². The number of fused-ring (bicyclic) bond motifs is 1. The van der Waals surface area contributed by atoms with Crippen LogP contribution in [0.4, 0.5) is 0 Å². The Labute approximate surface area is 86.1 Å². The molecule has 2 aromatic rings. The van der Waals surface area contributed by atoms with Crippen molar-refractivity contribution in [1.82, 2.24) is 19.9 Å². The summed E-state index contributed by atoms with van der Waals surface area (Å²) < 4.78 is 1.76. The maximum absolute atomic E-state index is 11.8. The molecule has 1 fully saturated rings. The molecule has 0 radical (unpaired) electrons. The molecule has 1 saturated heterocycles. The number of aromatic amines is 1. The van der Waals surface area contributed by atoms with Gasteiger partial charge in [-0.05, 0) is 25.1 Å². The minimum atomic E-state index is -0.0580. The van der Waals surface area contributed by atoms with Crippen molar-refractivity contribution in [3.05, 3.63) is 28.8 Å². The fourth-order valence-electron chi connectivity index (χ4n) is 2.16. The van der Waals surface area contributed by atoms with Crippen molar-refractivity contribution in [2.45, 2.75) is 12.5 Å². The highest BCUT2D eigenvalue weighted by Gasteiger charge is 2.20. The van der Waals surface area contributed by atoms with Crippen LogP contribution in [0.25, 0.3) is 11.2 Å². The van der Waals surface area contributed by atoms with Crippen molar-refractivity contribution < 1.29 is 0 Å². The molecule has 2 N–H and O–H groups in total. The summed E-state index contributed by atoms with van der Waals surface area (Å²) in [6, 6.07) is 3.94. The van der Waals surface area contributed by atoms with E-state index in [2.05, 4.69) is 15.3 Å². The second-order valence-corrected chi connectivity index (χ2v) is 3.82. The van der Waals surface area contributed by atoms with Crippen molar-refractivity contribution >= 4 is 11.2 Å². The van der Waals surface area contributed by atoms with Crippen molar-refractivity contribution in [3.8, 4) is 0 Å². The van der Waals surface area contributed by atoms with Crippen LogP contribution in [0.15, 0.2) is 23.1 Å². The fraction of sp³-hybridized carbons (Fsp3) is 0.400. The van der Waals surface area contributed by atoms with Crippen molar-refractivity contribution in [2.75, 3.05) is 13.1 Å². The number of rotatable bonds is 1. The Kier molecular flexibility index (Phi) is 1.85. The van der Waals surface area contributed by atoms with Gasteiger partial charge < -0.3 is 10.3 Å². The Hall–Kier alpha value is -1.62. The molecule has 0 bridgehead atoms. The van der Waals surface area contributed by atoms with E-state index in [0.717, 1.165) is 30.7 Å². The molecule has 1 aliphatic heterocycles. The van der Waals surface area contributed by atoms with Gasteiger partial charge in [-0.3, -0.25) is 4.57 Å². The third-order valence-electron chi connectivity index (χ3n) is 2.87. The van der Waals surface area contributed by atoms with Gasteiger partial charge in [-0.1, -0.05) is 0 Å². The van der Waals surface area contributed by atoms with Crippen molar-refractivity contribution in [1.29, 1.82) is 0 Å². The minimum Gasteiger partial charge on any atom is -0.315 e. The minimum absolute atomic E-state index is 0.0580. The number of hydrogen-bond acceptors (Lipinski definition) is 3. The van der Waals surface area contributed by atoms with Gasteiger partial charge in [-0.2, -0.15) is 0 Å². The molecule has 0 aromatic carbocycles. The summed E-state index contributed by atoms with van der Waals surface area (Å²) in [5.41, 5.74) is 1.52. The van der Waals surface area contributed by atoms with Crippen LogP contribution in [0.2, 0.25) is 0 Å². The van der Waals surface area contributed by atoms with Gasteiger partial charge in [0.1, 0.15) is 0 Å². The number of H-pyrrole nitrogens is 1. The average molecular weight is 204 g/mol. The van der Waals surface area contributed by atoms with Crippen LogP contribution < -0.4 is 11.0 Å². The molecule has 5 heteroatoms. The maximum Gasteiger partial charge on any atom is 0.327 e. The van der Waals surface area contributed by atoms with Crippen molar-refractivity contribution in [3.63, 3.8) is 0 Å². The van der Waals surface area contributed by atoms with E-state index in [9.17, 15) is 4.79 Å². The molecular weight excluding hydrogens is 192 g/mol. The first-order valence-corrected chi connectivity index (χ1v) is 5.12.